The minimum atomic E-state index is -2.86. The summed E-state index contributed by atoms with van der Waals surface area (Å²) in [5, 5.41) is 2.31. The summed E-state index contributed by atoms with van der Waals surface area (Å²) in [5.74, 6) is 0. The van der Waals surface area contributed by atoms with Gasteiger partial charge in [-0.05, 0) is 50.9 Å². The Morgan fingerprint density at radius 1 is 0.640 bits per heavy atom. The molecule has 2 nitrogen and oxygen atoms in total. The van der Waals surface area contributed by atoms with Crippen LogP contribution in [0.1, 0.15) is 54.4 Å². The van der Waals surface area contributed by atoms with E-state index in [1.165, 1.54) is 0 Å². The van der Waals surface area contributed by atoms with Gasteiger partial charge in [-0.15, -0.1) is 0 Å². The zero-order valence-corrected chi connectivity index (χ0v) is 17.5. The van der Waals surface area contributed by atoms with Gasteiger partial charge in [0.2, 0.25) is 0 Å². The van der Waals surface area contributed by atoms with Gasteiger partial charge in [-0.3, -0.25) is 0 Å². The molecular formula is C22H32O2Si. The summed E-state index contributed by atoms with van der Waals surface area (Å²) in [5.41, 5.74) is -0.524. The summed E-state index contributed by atoms with van der Waals surface area (Å²) in [7, 11) is -2.86. The van der Waals surface area contributed by atoms with Gasteiger partial charge in [-0.2, -0.15) is 0 Å². The third-order valence-corrected chi connectivity index (χ3v) is 8.72. The molecule has 2 rings (SSSR count). The molecule has 0 saturated heterocycles. The van der Waals surface area contributed by atoms with Crippen LogP contribution in [-0.2, 0) is 8.85 Å². The predicted molar refractivity (Wildman–Crippen MR) is 109 cm³/mol. The predicted octanol–water partition coefficient (Wildman–Crippen LogP) is 4.65. The SMILES string of the molecule is CCC(C)(C)O[Si](OC(C)(C)CC)(c1ccccc1)c1ccccc1. The Kier molecular flexibility index (Phi) is 6.25. The maximum absolute atomic E-state index is 6.90. The summed E-state index contributed by atoms with van der Waals surface area (Å²) in [6.07, 6.45) is 1.86. The first-order valence-electron chi connectivity index (χ1n) is 9.26. The average molecular weight is 357 g/mol. The molecule has 0 atom stereocenters. The number of benzene rings is 2. The Morgan fingerprint density at radius 3 is 1.24 bits per heavy atom. The molecule has 0 saturated carbocycles. The maximum atomic E-state index is 6.90. The van der Waals surface area contributed by atoms with Crippen molar-refractivity contribution in [2.75, 3.05) is 0 Å². The van der Waals surface area contributed by atoms with Crippen LogP contribution in [0.25, 0.3) is 0 Å². The van der Waals surface area contributed by atoms with Crippen LogP contribution >= 0.6 is 0 Å². The standard InChI is InChI=1S/C22H32O2Si/c1-7-21(3,4)23-25(24-22(5,6)8-2,19-15-11-9-12-16-19)20-17-13-10-14-18-20/h9-18H,7-8H2,1-6H3. The minimum Gasteiger partial charge on any atom is -0.382 e. The van der Waals surface area contributed by atoms with Crippen LogP contribution in [0.15, 0.2) is 60.7 Å². The van der Waals surface area contributed by atoms with E-state index in [1.807, 2.05) is 12.1 Å². The fraction of sp³-hybridized carbons (Fsp3) is 0.455. The molecule has 0 amide bonds. The van der Waals surface area contributed by atoms with Gasteiger partial charge < -0.3 is 8.85 Å². The Hall–Kier alpha value is -1.42. The monoisotopic (exact) mass is 356 g/mol. The fourth-order valence-corrected chi connectivity index (χ4v) is 6.61. The molecule has 136 valence electrons. The quantitative estimate of drug-likeness (QED) is 0.641. The number of hydrogen-bond donors (Lipinski definition) is 0. The van der Waals surface area contributed by atoms with Gasteiger partial charge in [-0.25, -0.2) is 0 Å². The fourth-order valence-electron chi connectivity index (χ4n) is 2.66. The van der Waals surface area contributed by atoms with Crippen molar-refractivity contribution in [1.82, 2.24) is 0 Å². The van der Waals surface area contributed by atoms with E-state index < -0.39 is 8.56 Å². The molecule has 2 aromatic carbocycles. The van der Waals surface area contributed by atoms with E-state index in [0.29, 0.717) is 0 Å². The van der Waals surface area contributed by atoms with Crippen molar-refractivity contribution >= 4 is 18.9 Å². The van der Waals surface area contributed by atoms with Crippen LogP contribution in [0.3, 0.4) is 0 Å². The third-order valence-electron chi connectivity index (χ3n) is 4.85. The second-order valence-electron chi connectivity index (χ2n) is 7.78. The van der Waals surface area contributed by atoms with E-state index in [1.54, 1.807) is 0 Å². The van der Waals surface area contributed by atoms with Crippen molar-refractivity contribution < 1.29 is 8.85 Å². The Morgan fingerprint density at radius 2 is 0.960 bits per heavy atom. The van der Waals surface area contributed by atoms with E-state index in [-0.39, 0.29) is 11.2 Å². The molecule has 0 spiro atoms. The first kappa shape index (κ1) is 19.9. The van der Waals surface area contributed by atoms with E-state index in [2.05, 4.69) is 90.1 Å². The Labute approximate surface area is 154 Å². The molecular weight excluding hydrogens is 324 g/mol. The van der Waals surface area contributed by atoms with Gasteiger partial charge in [0.15, 0.2) is 0 Å². The van der Waals surface area contributed by atoms with Crippen molar-refractivity contribution in [3.8, 4) is 0 Å². The molecule has 0 aliphatic heterocycles. The van der Waals surface area contributed by atoms with Gasteiger partial charge in [-0.1, -0.05) is 74.5 Å². The second-order valence-corrected chi connectivity index (χ2v) is 10.6. The van der Waals surface area contributed by atoms with Gasteiger partial charge in [0.05, 0.1) is 11.2 Å². The maximum Gasteiger partial charge on any atom is 0.407 e. The molecule has 3 heteroatoms. The molecule has 2 aromatic rings. The molecule has 0 N–H and O–H groups in total. The summed E-state index contributed by atoms with van der Waals surface area (Å²) in [4.78, 5) is 0. The Balaban J connectivity index is 2.69. The van der Waals surface area contributed by atoms with Crippen LogP contribution in [0.5, 0.6) is 0 Å². The van der Waals surface area contributed by atoms with Crippen LogP contribution in [-0.4, -0.2) is 19.8 Å². The molecule has 0 radical (unpaired) electrons. The smallest absolute Gasteiger partial charge is 0.382 e. The van der Waals surface area contributed by atoms with Crippen LogP contribution in [0.2, 0.25) is 0 Å². The molecule has 0 bridgehead atoms. The van der Waals surface area contributed by atoms with Crippen LogP contribution in [0, 0.1) is 0 Å². The summed E-state index contributed by atoms with van der Waals surface area (Å²) in [6.45, 7) is 13.0. The first-order valence-corrected chi connectivity index (χ1v) is 11.1. The van der Waals surface area contributed by atoms with E-state index >= 15 is 0 Å². The number of rotatable bonds is 8. The van der Waals surface area contributed by atoms with Gasteiger partial charge in [0, 0.05) is 0 Å². The third kappa shape index (κ3) is 4.81. The van der Waals surface area contributed by atoms with E-state index in [0.717, 1.165) is 23.2 Å². The lowest BCUT2D eigenvalue weighted by molar-refractivity contribution is 0.00941. The van der Waals surface area contributed by atoms with Gasteiger partial charge >= 0.3 is 8.56 Å². The average Bonchev–Trinajstić information content (AvgIpc) is 2.62. The highest BCUT2D eigenvalue weighted by atomic mass is 28.4. The highest BCUT2D eigenvalue weighted by Gasteiger charge is 2.49. The molecule has 0 heterocycles. The first-order chi connectivity index (χ1) is 11.7. The minimum absolute atomic E-state index is 0.262. The van der Waals surface area contributed by atoms with Crippen LogP contribution < -0.4 is 10.4 Å². The zero-order valence-electron chi connectivity index (χ0n) is 16.5. The highest BCUT2D eigenvalue weighted by molar-refractivity contribution is 6.92. The molecule has 0 fully saturated rings. The zero-order chi connectivity index (χ0) is 18.6. The molecule has 0 aliphatic carbocycles. The molecule has 0 unspecified atom stereocenters. The topological polar surface area (TPSA) is 18.5 Å². The Bertz CT molecular complexity index is 591. The second kappa shape index (κ2) is 7.86. The highest BCUT2D eigenvalue weighted by Crippen LogP contribution is 2.27. The summed E-state index contributed by atoms with van der Waals surface area (Å²) < 4.78 is 13.8. The van der Waals surface area contributed by atoms with E-state index in [9.17, 15) is 0 Å². The van der Waals surface area contributed by atoms with Gasteiger partial charge in [0.1, 0.15) is 0 Å². The normalized spacial score (nSPS) is 13.0. The van der Waals surface area contributed by atoms with Crippen molar-refractivity contribution in [1.29, 1.82) is 0 Å². The van der Waals surface area contributed by atoms with Crippen molar-refractivity contribution in [2.45, 2.75) is 65.6 Å². The molecule has 25 heavy (non-hydrogen) atoms. The lowest BCUT2D eigenvalue weighted by Crippen LogP contribution is -2.68. The van der Waals surface area contributed by atoms with Crippen molar-refractivity contribution in [3.05, 3.63) is 60.7 Å². The van der Waals surface area contributed by atoms with Crippen LogP contribution in [0.4, 0.5) is 0 Å². The lowest BCUT2D eigenvalue weighted by atomic mass is 10.1. The molecule has 0 aliphatic rings. The summed E-state index contributed by atoms with van der Waals surface area (Å²) in [6, 6.07) is 21.0. The van der Waals surface area contributed by atoms with E-state index in [4.69, 9.17) is 8.85 Å². The largest absolute Gasteiger partial charge is 0.407 e. The van der Waals surface area contributed by atoms with Crippen molar-refractivity contribution in [2.24, 2.45) is 0 Å². The summed E-state index contributed by atoms with van der Waals surface area (Å²) >= 11 is 0. The van der Waals surface area contributed by atoms with Crippen molar-refractivity contribution in [3.63, 3.8) is 0 Å². The molecule has 0 aromatic heterocycles. The van der Waals surface area contributed by atoms with Gasteiger partial charge in [0.25, 0.3) is 0 Å². The lowest BCUT2D eigenvalue weighted by Gasteiger charge is -2.43. The number of hydrogen-bond acceptors (Lipinski definition) is 2.